The van der Waals surface area contributed by atoms with Gasteiger partial charge in [0.15, 0.2) is 5.69 Å². The number of carboxylic acids is 1. The average molecular weight is 385 g/mol. The molecule has 2 atom stereocenters. The molecule has 0 radical (unpaired) electrons. The number of alkyl halides is 2. The Morgan fingerprint density at radius 2 is 2.07 bits per heavy atom. The van der Waals surface area contributed by atoms with E-state index in [4.69, 9.17) is 4.74 Å². The van der Waals surface area contributed by atoms with Gasteiger partial charge in [0.1, 0.15) is 17.7 Å². The number of carboxylic acid groups (broad SMARTS) is 1. The van der Waals surface area contributed by atoms with Crippen LogP contribution in [0.4, 0.5) is 17.6 Å². The van der Waals surface area contributed by atoms with Crippen molar-refractivity contribution in [2.75, 3.05) is 6.61 Å². The van der Waals surface area contributed by atoms with Gasteiger partial charge in [-0.2, -0.15) is 8.78 Å². The van der Waals surface area contributed by atoms with Crippen LogP contribution in [0.25, 0.3) is 11.1 Å². The largest absolute Gasteiger partial charge is 0.477 e. The molecule has 9 heteroatoms. The zero-order valence-electron chi connectivity index (χ0n) is 14.1. The van der Waals surface area contributed by atoms with Crippen molar-refractivity contribution in [3.8, 4) is 17.0 Å². The highest BCUT2D eigenvalue weighted by Gasteiger charge is 2.32. The van der Waals surface area contributed by atoms with Crippen molar-refractivity contribution in [2.45, 2.75) is 26.1 Å². The Labute approximate surface area is 151 Å². The molecule has 1 aromatic carbocycles. The normalized spacial score (nSPS) is 18.9. The number of aromatic nitrogens is 1. The highest BCUT2D eigenvalue weighted by atomic mass is 19.3. The Balaban J connectivity index is 2.07. The first-order valence-electron chi connectivity index (χ1n) is 8.05. The van der Waals surface area contributed by atoms with Crippen molar-refractivity contribution in [1.82, 2.24) is 4.98 Å². The predicted molar refractivity (Wildman–Crippen MR) is 85.8 cm³/mol. The molecule has 3 rings (SSSR count). The Hall–Kier alpha value is -2.68. The van der Waals surface area contributed by atoms with E-state index in [9.17, 15) is 27.5 Å². The van der Waals surface area contributed by atoms with Gasteiger partial charge in [-0.3, -0.25) is 0 Å². The monoisotopic (exact) mass is 385 g/mol. The van der Waals surface area contributed by atoms with Crippen LogP contribution >= 0.6 is 0 Å². The minimum atomic E-state index is -2.97. The van der Waals surface area contributed by atoms with E-state index in [1.165, 1.54) is 12.1 Å². The molecule has 144 valence electrons. The first-order valence-corrected chi connectivity index (χ1v) is 8.05. The molecule has 0 amide bonds. The molecule has 0 fully saturated rings. The molecular formula is C18H15F4NO4. The zero-order valence-corrected chi connectivity index (χ0v) is 14.1. The maximum absolute atomic E-state index is 14.3. The van der Waals surface area contributed by atoms with E-state index in [1.54, 1.807) is 6.92 Å². The van der Waals surface area contributed by atoms with Crippen LogP contribution in [-0.2, 0) is 11.2 Å². The zero-order chi connectivity index (χ0) is 19.7. The van der Waals surface area contributed by atoms with Crippen LogP contribution in [0.2, 0.25) is 0 Å². The summed E-state index contributed by atoms with van der Waals surface area (Å²) in [5, 5.41) is 9.27. The molecule has 2 heterocycles. The number of ether oxygens (including phenoxy) is 2. The number of rotatable bonds is 5. The molecular weight excluding hydrogens is 370 g/mol. The smallest absolute Gasteiger partial charge is 0.354 e. The van der Waals surface area contributed by atoms with E-state index in [0.717, 1.165) is 6.07 Å². The molecule has 0 saturated heterocycles. The second-order valence-corrected chi connectivity index (χ2v) is 6.20. The van der Waals surface area contributed by atoms with Gasteiger partial charge in [-0.15, -0.1) is 0 Å². The van der Waals surface area contributed by atoms with E-state index in [1.807, 2.05) is 0 Å². The molecule has 1 N–H and O–H groups in total. The van der Waals surface area contributed by atoms with E-state index in [0.29, 0.717) is 11.6 Å². The van der Waals surface area contributed by atoms with Gasteiger partial charge in [0, 0.05) is 17.2 Å². The van der Waals surface area contributed by atoms with E-state index >= 15 is 0 Å². The molecule has 1 aliphatic rings. The molecule has 5 nitrogen and oxygen atoms in total. The first kappa shape index (κ1) is 19.1. The lowest BCUT2D eigenvalue weighted by molar-refractivity contribution is -0.150. The van der Waals surface area contributed by atoms with Crippen molar-refractivity contribution < 1.29 is 36.9 Å². The minimum absolute atomic E-state index is 0.00405. The van der Waals surface area contributed by atoms with E-state index < -0.39 is 42.6 Å². The van der Waals surface area contributed by atoms with Gasteiger partial charge < -0.3 is 14.6 Å². The Kier molecular flexibility index (Phi) is 5.31. The van der Waals surface area contributed by atoms with Crippen LogP contribution in [0.15, 0.2) is 24.3 Å². The number of carbonyl (C=O) groups is 1. The fraction of sp³-hybridized carbons (Fsp3) is 0.333. The summed E-state index contributed by atoms with van der Waals surface area (Å²) in [5.41, 5.74) is 0.215. The molecule has 1 aliphatic heterocycles. The fourth-order valence-corrected chi connectivity index (χ4v) is 2.98. The third kappa shape index (κ3) is 4.02. The quantitative estimate of drug-likeness (QED) is 0.791. The summed E-state index contributed by atoms with van der Waals surface area (Å²) < 4.78 is 62.0. The lowest BCUT2D eigenvalue weighted by Gasteiger charge is -2.32. The second-order valence-electron chi connectivity index (χ2n) is 6.20. The van der Waals surface area contributed by atoms with Crippen LogP contribution < -0.4 is 4.74 Å². The number of pyridine rings is 1. The van der Waals surface area contributed by atoms with Crippen LogP contribution in [0.3, 0.4) is 0 Å². The molecule has 27 heavy (non-hydrogen) atoms. The lowest BCUT2D eigenvalue weighted by Crippen LogP contribution is -2.36. The number of hydrogen-bond donors (Lipinski definition) is 1. The van der Waals surface area contributed by atoms with Crippen LogP contribution in [0.5, 0.6) is 5.88 Å². The third-order valence-electron chi connectivity index (χ3n) is 4.34. The molecule has 2 aromatic rings. The molecule has 0 aliphatic carbocycles. The first-order chi connectivity index (χ1) is 12.8. The molecule has 0 saturated carbocycles. The van der Waals surface area contributed by atoms with Crippen molar-refractivity contribution in [3.05, 3.63) is 47.2 Å². The second kappa shape index (κ2) is 7.51. The summed E-state index contributed by atoms with van der Waals surface area (Å²) in [5.74, 6) is -3.38. The maximum Gasteiger partial charge on any atom is 0.354 e. The van der Waals surface area contributed by atoms with E-state index in [-0.39, 0.29) is 29.3 Å². The third-order valence-corrected chi connectivity index (χ3v) is 4.34. The summed E-state index contributed by atoms with van der Waals surface area (Å²) in [4.78, 5) is 15.3. The Bertz CT molecular complexity index is 875. The number of benzene rings is 1. The summed E-state index contributed by atoms with van der Waals surface area (Å²) in [6.45, 7) is -1.64. The van der Waals surface area contributed by atoms with Gasteiger partial charge in [-0.1, -0.05) is 6.92 Å². The van der Waals surface area contributed by atoms with Crippen molar-refractivity contribution >= 4 is 5.97 Å². The molecule has 1 aromatic heterocycles. The van der Waals surface area contributed by atoms with Crippen molar-refractivity contribution in [3.63, 3.8) is 0 Å². The molecule has 0 spiro atoms. The minimum Gasteiger partial charge on any atom is -0.477 e. The van der Waals surface area contributed by atoms with Gasteiger partial charge >= 0.3 is 12.6 Å². The van der Waals surface area contributed by atoms with Gasteiger partial charge in [0.05, 0.1) is 6.61 Å². The van der Waals surface area contributed by atoms with Crippen LogP contribution in [0.1, 0.15) is 23.0 Å². The summed E-state index contributed by atoms with van der Waals surface area (Å²) in [6.07, 6.45) is -0.500. The number of halogens is 4. The summed E-state index contributed by atoms with van der Waals surface area (Å²) in [7, 11) is 0. The van der Waals surface area contributed by atoms with E-state index in [2.05, 4.69) is 9.72 Å². The van der Waals surface area contributed by atoms with Gasteiger partial charge in [-0.05, 0) is 36.1 Å². The number of nitrogens with zero attached hydrogens (tertiary/aromatic N) is 1. The summed E-state index contributed by atoms with van der Waals surface area (Å²) >= 11 is 0. The van der Waals surface area contributed by atoms with Crippen LogP contribution in [-0.4, -0.2) is 35.4 Å². The maximum atomic E-state index is 14.3. The fourth-order valence-electron chi connectivity index (χ4n) is 2.98. The number of fused-ring (bicyclic) bond motifs is 1. The predicted octanol–water partition coefficient (Wildman–Crippen LogP) is 3.90. The molecule has 0 unspecified atom stereocenters. The average Bonchev–Trinajstić information content (AvgIpc) is 2.59. The van der Waals surface area contributed by atoms with Crippen LogP contribution in [0, 0.1) is 17.6 Å². The Morgan fingerprint density at radius 3 is 2.70 bits per heavy atom. The van der Waals surface area contributed by atoms with Crippen molar-refractivity contribution in [1.29, 1.82) is 0 Å². The van der Waals surface area contributed by atoms with Gasteiger partial charge in [-0.25, -0.2) is 18.6 Å². The number of hydrogen-bond acceptors (Lipinski definition) is 4. The molecule has 0 bridgehead atoms. The van der Waals surface area contributed by atoms with Gasteiger partial charge in [0.2, 0.25) is 5.88 Å². The van der Waals surface area contributed by atoms with Gasteiger partial charge in [0.25, 0.3) is 0 Å². The highest BCUT2D eigenvalue weighted by Crippen LogP contribution is 2.38. The lowest BCUT2D eigenvalue weighted by atomic mass is 9.88. The SMILES string of the molecule is C[C@@H]1Cc2c(-c3ccc(F)cc3F)cc(C(=O)O)nc2O[C@H]1COC(F)F. The standard InChI is InChI=1S/C18H15F4NO4/c1-8-4-12-11(10-3-2-9(19)5-13(10)20)6-14(17(24)25)23-16(12)27-15(8)7-26-18(21)22/h2-3,5-6,8,15,18H,4,7H2,1H3,(H,24,25)/t8-,15+/m1/s1. The Morgan fingerprint density at radius 1 is 1.33 bits per heavy atom. The topological polar surface area (TPSA) is 68.7 Å². The summed E-state index contributed by atoms with van der Waals surface area (Å²) in [6, 6.07) is 4.12. The highest BCUT2D eigenvalue weighted by molar-refractivity contribution is 5.88. The van der Waals surface area contributed by atoms with Crippen molar-refractivity contribution in [2.24, 2.45) is 5.92 Å². The number of aromatic carboxylic acids is 1.